The van der Waals surface area contributed by atoms with Crippen molar-refractivity contribution in [3.63, 3.8) is 0 Å². The van der Waals surface area contributed by atoms with Crippen LogP contribution in [0.25, 0.3) is 0 Å². The number of hydrogen-bond donors (Lipinski definition) is 1. The molecule has 1 rings (SSSR count). The minimum atomic E-state index is -2.67. The summed E-state index contributed by atoms with van der Waals surface area (Å²) >= 11 is 0. The molecule has 0 unspecified atom stereocenters. The third-order valence-corrected chi connectivity index (χ3v) is 3.89. The Balaban J connectivity index is 2.36. The van der Waals surface area contributed by atoms with E-state index in [1.165, 1.54) is 0 Å². The van der Waals surface area contributed by atoms with Crippen LogP contribution in [0.1, 0.15) is 12.8 Å². The maximum atomic E-state index is 11.0. The third-order valence-electron chi connectivity index (χ3n) is 2.17. The average Bonchev–Trinajstić information content (AvgIpc) is 1.94. The predicted molar refractivity (Wildman–Crippen MR) is 43.5 cm³/mol. The molecule has 4 heteroatoms. The van der Waals surface area contributed by atoms with Gasteiger partial charge in [-0.25, -0.2) is 8.42 Å². The zero-order valence-corrected chi connectivity index (χ0v) is 7.44. The highest BCUT2D eigenvalue weighted by Crippen LogP contribution is 2.16. The van der Waals surface area contributed by atoms with Gasteiger partial charge >= 0.3 is 0 Å². The van der Waals surface area contributed by atoms with E-state index in [1.807, 2.05) is 5.32 Å². The summed E-state index contributed by atoms with van der Waals surface area (Å²) in [7, 11) is 0.973. The van der Waals surface area contributed by atoms with Gasteiger partial charge in [-0.1, -0.05) is 0 Å². The van der Waals surface area contributed by atoms with Crippen LogP contribution in [0.3, 0.4) is 0 Å². The van der Waals surface area contributed by atoms with Gasteiger partial charge in [-0.05, 0) is 12.8 Å². The Morgan fingerprint density at radius 1 is 1.36 bits per heavy atom. The van der Waals surface area contributed by atoms with E-state index >= 15 is 0 Å². The molecule has 1 heterocycles. The second kappa shape index (κ2) is 3.54. The van der Waals surface area contributed by atoms with E-state index in [1.54, 1.807) is 0 Å². The number of hydrogen-bond acceptors (Lipinski definition) is 2. The molecule has 0 aliphatic carbocycles. The Labute approximate surface area is 68.1 Å². The SMILES string of the molecule is [CH2-][NH2+]CC1CCS(=O)(=O)CC1. The average molecular weight is 177 g/mol. The molecule has 0 saturated carbocycles. The van der Waals surface area contributed by atoms with Crippen molar-refractivity contribution in [2.75, 3.05) is 18.1 Å². The summed E-state index contributed by atoms with van der Waals surface area (Å²) in [6.45, 7) is 0.968. The zero-order valence-electron chi connectivity index (χ0n) is 6.62. The van der Waals surface area contributed by atoms with Crippen molar-refractivity contribution in [2.24, 2.45) is 5.92 Å². The molecule has 1 saturated heterocycles. The van der Waals surface area contributed by atoms with E-state index < -0.39 is 9.84 Å². The summed E-state index contributed by atoms with van der Waals surface area (Å²) in [5.74, 6) is 1.33. The second-order valence-electron chi connectivity index (χ2n) is 3.12. The van der Waals surface area contributed by atoms with E-state index in [-0.39, 0.29) is 0 Å². The van der Waals surface area contributed by atoms with E-state index in [9.17, 15) is 8.42 Å². The van der Waals surface area contributed by atoms with Gasteiger partial charge in [0.05, 0.1) is 18.1 Å². The van der Waals surface area contributed by atoms with Crippen molar-refractivity contribution in [3.8, 4) is 0 Å². The molecule has 0 atom stereocenters. The molecule has 0 spiro atoms. The summed E-state index contributed by atoms with van der Waals surface area (Å²) in [4.78, 5) is 0. The van der Waals surface area contributed by atoms with Crippen molar-refractivity contribution in [1.82, 2.24) is 0 Å². The van der Waals surface area contributed by atoms with Crippen molar-refractivity contribution >= 4 is 9.84 Å². The first kappa shape index (κ1) is 9.00. The van der Waals surface area contributed by atoms with Gasteiger partial charge in [0, 0.05) is 5.92 Å². The smallest absolute Gasteiger partial charge is 0.150 e. The summed E-state index contributed by atoms with van der Waals surface area (Å²) < 4.78 is 21.9. The fraction of sp³-hybridized carbons (Fsp3) is 0.857. The summed E-state index contributed by atoms with van der Waals surface area (Å²) in [6, 6.07) is 0. The summed E-state index contributed by atoms with van der Waals surface area (Å²) in [5, 5.41) is 1.88. The van der Waals surface area contributed by atoms with Crippen LogP contribution >= 0.6 is 0 Å². The molecule has 0 radical (unpaired) electrons. The lowest BCUT2D eigenvalue weighted by atomic mass is 10.0. The number of rotatable bonds is 2. The lowest BCUT2D eigenvalue weighted by Gasteiger charge is -2.20. The van der Waals surface area contributed by atoms with Crippen LogP contribution in [0.5, 0.6) is 0 Å². The number of quaternary nitrogens is 1. The van der Waals surface area contributed by atoms with Gasteiger partial charge in [-0.3, -0.25) is 0 Å². The number of nitrogens with two attached hydrogens (primary N) is 1. The molecule has 1 aliphatic heterocycles. The van der Waals surface area contributed by atoms with Crippen LogP contribution in [0.15, 0.2) is 0 Å². The monoisotopic (exact) mass is 177 g/mol. The van der Waals surface area contributed by atoms with Crippen molar-refractivity contribution in [1.29, 1.82) is 0 Å². The summed E-state index contributed by atoms with van der Waals surface area (Å²) in [5.41, 5.74) is 0. The molecule has 2 N–H and O–H groups in total. The van der Waals surface area contributed by atoms with Gasteiger partial charge in [-0.2, -0.15) is 7.05 Å². The van der Waals surface area contributed by atoms with E-state index in [0.29, 0.717) is 17.4 Å². The van der Waals surface area contributed by atoms with Crippen molar-refractivity contribution in [3.05, 3.63) is 7.05 Å². The van der Waals surface area contributed by atoms with Crippen molar-refractivity contribution in [2.45, 2.75) is 12.8 Å². The van der Waals surface area contributed by atoms with Crippen LogP contribution in [0, 0.1) is 13.0 Å². The standard InChI is InChI=1S/C7H15NO2S/c1-8-6-7-2-4-11(9,10)5-3-7/h7H,1-6,8H2. The molecule has 3 nitrogen and oxygen atoms in total. The highest BCUT2D eigenvalue weighted by molar-refractivity contribution is 7.91. The molecule has 0 aromatic rings. The van der Waals surface area contributed by atoms with Gasteiger partial charge in [0.2, 0.25) is 0 Å². The van der Waals surface area contributed by atoms with Crippen LogP contribution in [0.2, 0.25) is 0 Å². The van der Waals surface area contributed by atoms with Crippen LogP contribution in [-0.4, -0.2) is 26.5 Å². The number of sulfone groups is 1. The summed E-state index contributed by atoms with van der Waals surface area (Å²) in [6.07, 6.45) is 1.66. The van der Waals surface area contributed by atoms with Crippen LogP contribution < -0.4 is 5.32 Å². The largest absolute Gasteiger partial charge is 0.479 e. The first-order chi connectivity index (χ1) is 5.14. The Morgan fingerprint density at radius 3 is 2.36 bits per heavy atom. The lowest BCUT2D eigenvalue weighted by molar-refractivity contribution is -0.602. The van der Waals surface area contributed by atoms with Crippen LogP contribution in [0.4, 0.5) is 0 Å². The maximum absolute atomic E-state index is 11.0. The van der Waals surface area contributed by atoms with Crippen molar-refractivity contribution < 1.29 is 13.7 Å². The fourth-order valence-corrected chi connectivity index (χ4v) is 3.00. The second-order valence-corrected chi connectivity index (χ2v) is 5.42. The van der Waals surface area contributed by atoms with Gasteiger partial charge in [-0.15, -0.1) is 0 Å². The van der Waals surface area contributed by atoms with Gasteiger partial charge in [0.1, 0.15) is 9.84 Å². The molecule has 0 aromatic heterocycles. The molecule has 66 valence electrons. The normalized spacial score (nSPS) is 25.2. The Hall–Kier alpha value is -0.0900. The maximum Gasteiger partial charge on any atom is 0.150 e. The first-order valence-corrected chi connectivity index (χ1v) is 5.77. The highest BCUT2D eigenvalue weighted by atomic mass is 32.2. The lowest BCUT2D eigenvalue weighted by Crippen LogP contribution is -2.78. The molecule has 0 aromatic carbocycles. The van der Waals surface area contributed by atoms with E-state index in [0.717, 1.165) is 19.4 Å². The highest BCUT2D eigenvalue weighted by Gasteiger charge is 2.23. The zero-order chi connectivity index (χ0) is 8.32. The molecule has 1 fully saturated rings. The Morgan fingerprint density at radius 2 is 1.91 bits per heavy atom. The minimum absolute atomic E-state index is 0.380. The molecular formula is C7H15NO2S. The third kappa shape index (κ3) is 2.79. The van der Waals surface area contributed by atoms with E-state index in [4.69, 9.17) is 0 Å². The predicted octanol–water partition coefficient (Wildman–Crippen LogP) is -0.834. The molecule has 11 heavy (non-hydrogen) atoms. The fourth-order valence-electron chi connectivity index (χ4n) is 1.41. The van der Waals surface area contributed by atoms with Gasteiger partial charge < -0.3 is 5.32 Å². The van der Waals surface area contributed by atoms with Crippen LogP contribution in [-0.2, 0) is 9.84 Å². The van der Waals surface area contributed by atoms with Gasteiger partial charge in [0.15, 0.2) is 0 Å². The molecular weight excluding hydrogens is 162 g/mol. The van der Waals surface area contributed by atoms with E-state index in [2.05, 4.69) is 7.05 Å². The Kier molecular flexibility index (Phi) is 2.90. The van der Waals surface area contributed by atoms with Gasteiger partial charge in [0.25, 0.3) is 0 Å². The molecule has 0 bridgehead atoms. The minimum Gasteiger partial charge on any atom is -0.479 e. The topological polar surface area (TPSA) is 50.8 Å². The quantitative estimate of drug-likeness (QED) is 0.560. The molecule has 1 aliphatic rings. The Bertz CT molecular complexity index is 196. The molecule has 0 amide bonds. The first-order valence-electron chi connectivity index (χ1n) is 3.95.